The molecule has 0 fully saturated rings. The molecule has 0 saturated heterocycles. The zero-order valence-electron chi connectivity index (χ0n) is 14.0. The molecule has 0 aliphatic rings. The molecule has 0 spiro atoms. The molecular weight excluding hydrogens is 276 g/mol. The second-order valence-electron chi connectivity index (χ2n) is 6.11. The molecule has 1 heterocycles. The Kier molecular flexibility index (Phi) is 10.8. The summed E-state index contributed by atoms with van der Waals surface area (Å²) in [7, 11) is 2.23. The van der Waals surface area contributed by atoms with E-state index in [1.807, 2.05) is 11.3 Å². The summed E-state index contributed by atoms with van der Waals surface area (Å²) in [5, 5.41) is 2.16. The van der Waals surface area contributed by atoms with Crippen molar-refractivity contribution in [3.8, 4) is 0 Å². The van der Waals surface area contributed by atoms with Gasteiger partial charge in [0.15, 0.2) is 0 Å². The molecule has 1 aromatic rings. The average Bonchev–Trinajstić information content (AvgIpc) is 3.01. The fourth-order valence-electron chi connectivity index (χ4n) is 2.78. The second kappa shape index (κ2) is 12.2. The maximum Gasteiger partial charge on any atom is 0.0215 e. The molecule has 2 nitrogen and oxygen atoms in total. The van der Waals surface area contributed by atoms with Crippen molar-refractivity contribution in [3.05, 3.63) is 22.4 Å². The summed E-state index contributed by atoms with van der Waals surface area (Å²) in [6.45, 7) is 4.19. The van der Waals surface area contributed by atoms with E-state index >= 15 is 0 Å². The van der Waals surface area contributed by atoms with Crippen molar-refractivity contribution in [2.75, 3.05) is 20.1 Å². The Balaban J connectivity index is 2.09. The Bertz CT molecular complexity index is 324. The van der Waals surface area contributed by atoms with Gasteiger partial charge in [0.25, 0.3) is 0 Å². The van der Waals surface area contributed by atoms with Gasteiger partial charge in [-0.2, -0.15) is 0 Å². The number of hydrogen-bond donors (Lipinski definition) is 1. The first-order valence-electron chi connectivity index (χ1n) is 8.70. The molecule has 21 heavy (non-hydrogen) atoms. The second-order valence-corrected chi connectivity index (χ2v) is 7.14. The van der Waals surface area contributed by atoms with Crippen molar-refractivity contribution in [1.29, 1.82) is 0 Å². The van der Waals surface area contributed by atoms with Crippen molar-refractivity contribution < 1.29 is 0 Å². The number of rotatable bonds is 13. The third kappa shape index (κ3) is 8.60. The van der Waals surface area contributed by atoms with Gasteiger partial charge in [-0.3, -0.25) is 0 Å². The van der Waals surface area contributed by atoms with Crippen molar-refractivity contribution in [3.63, 3.8) is 0 Å². The SMILES string of the molecule is CCCCCCCCCC(CN)N(C)CCc1cccs1. The minimum atomic E-state index is 0.556. The quantitative estimate of drug-likeness (QED) is 0.536. The molecular formula is C18H34N2S. The fraction of sp³-hybridized carbons (Fsp3) is 0.778. The van der Waals surface area contributed by atoms with Crippen LogP contribution in [0, 0.1) is 0 Å². The lowest BCUT2D eigenvalue weighted by molar-refractivity contribution is 0.233. The summed E-state index contributed by atoms with van der Waals surface area (Å²) in [5.74, 6) is 0. The van der Waals surface area contributed by atoms with E-state index in [4.69, 9.17) is 5.73 Å². The molecule has 0 aromatic carbocycles. The molecule has 1 unspecified atom stereocenters. The van der Waals surface area contributed by atoms with Crippen LogP contribution in [-0.4, -0.2) is 31.1 Å². The third-order valence-corrected chi connectivity index (χ3v) is 5.26. The highest BCUT2D eigenvalue weighted by Crippen LogP contribution is 2.14. The predicted molar refractivity (Wildman–Crippen MR) is 96.1 cm³/mol. The van der Waals surface area contributed by atoms with Gasteiger partial charge in [0, 0.05) is 24.0 Å². The standard InChI is InChI=1S/C18H34N2S/c1-3-4-5-6-7-8-9-11-17(16-19)20(2)14-13-18-12-10-15-21-18/h10,12,15,17H,3-9,11,13-14,16,19H2,1-2H3. The van der Waals surface area contributed by atoms with E-state index in [9.17, 15) is 0 Å². The molecule has 0 aliphatic carbocycles. The Hall–Kier alpha value is -0.380. The van der Waals surface area contributed by atoms with Crippen molar-refractivity contribution in [2.45, 2.75) is 70.8 Å². The van der Waals surface area contributed by atoms with Crippen LogP contribution in [0.15, 0.2) is 17.5 Å². The van der Waals surface area contributed by atoms with Crippen molar-refractivity contribution in [1.82, 2.24) is 4.90 Å². The fourth-order valence-corrected chi connectivity index (χ4v) is 3.48. The zero-order chi connectivity index (χ0) is 15.3. The molecule has 1 rings (SSSR count). The summed E-state index contributed by atoms with van der Waals surface area (Å²) in [5.41, 5.74) is 5.96. The Morgan fingerprint density at radius 3 is 2.48 bits per heavy atom. The minimum Gasteiger partial charge on any atom is -0.329 e. The molecule has 0 aliphatic heterocycles. The number of thiophene rings is 1. The van der Waals surface area contributed by atoms with Gasteiger partial charge in [0.1, 0.15) is 0 Å². The van der Waals surface area contributed by atoms with Gasteiger partial charge >= 0.3 is 0 Å². The van der Waals surface area contributed by atoms with Gasteiger partial charge in [0.05, 0.1) is 0 Å². The Morgan fingerprint density at radius 2 is 1.86 bits per heavy atom. The largest absolute Gasteiger partial charge is 0.329 e. The Labute approximate surface area is 135 Å². The molecule has 0 amide bonds. The molecule has 1 atom stereocenters. The molecule has 122 valence electrons. The van der Waals surface area contributed by atoms with Gasteiger partial charge in [-0.05, 0) is 31.3 Å². The van der Waals surface area contributed by atoms with Crippen LogP contribution in [-0.2, 0) is 6.42 Å². The smallest absolute Gasteiger partial charge is 0.0215 e. The number of hydrogen-bond acceptors (Lipinski definition) is 3. The van der Waals surface area contributed by atoms with E-state index in [0.29, 0.717) is 6.04 Å². The first kappa shape index (κ1) is 18.7. The first-order chi connectivity index (χ1) is 10.3. The zero-order valence-corrected chi connectivity index (χ0v) is 14.8. The lowest BCUT2D eigenvalue weighted by Crippen LogP contribution is -2.38. The van der Waals surface area contributed by atoms with Gasteiger partial charge in [-0.1, -0.05) is 57.9 Å². The minimum absolute atomic E-state index is 0.556. The van der Waals surface area contributed by atoms with E-state index in [-0.39, 0.29) is 0 Å². The van der Waals surface area contributed by atoms with Crippen LogP contribution in [0.1, 0.15) is 63.2 Å². The van der Waals surface area contributed by atoms with Crippen LogP contribution < -0.4 is 5.73 Å². The number of nitrogens with zero attached hydrogens (tertiary/aromatic N) is 1. The number of likely N-dealkylation sites (N-methyl/N-ethyl adjacent to an activating group) is 1. The van der Waals surface area contributed by atoms with E-state index in [1.54, 1.807) is 0 Å². The van der Waals surface area contributed by atoms with Crippen molar-refractivity contribution in [2.24, 2.45) is 5.73 Å². The number of nitrogens with two attached hydrogens (primary N) is 1. The average molecular weight is 311 g/mol. The van der Waals surface area contributed by atoms with Gasteiger partial charge in [-0.15, -0.1) is 11.3 Å². The maximum absolute atomic E-state index is 5.96. The Morgan fingerprint density at radius 1 is 1.14 bits per heavy atom. The lowest BCUT2D eigenvalue weighted by atomic mass is 10.0. The summed E-state index contributed by atoms with van der Waals surface area (Å²) in [6.07, 6.45) is 12.1. The van der Waals surface area contributed by atoms with Crippen LogP contribution in [0.25, 0.3) is 0 Å². The van der Waals surface area contributed by atoms with E-state index in [2.05, 4.69) is 36.4 Å². The molecule has 1 aromatic heterocycles. The molecule has 0 radical (unpaired) electrons. The normalized spacial score (nSPS) is 13.0. The predicted octanol–water partition coefficient (Wildman–Crippen LogP) is 4.69. The van der Waals surface area contributed by atoms with Crippen LogP contribution in [0.3, 0.4) is 0 Å². The summed E-state index contributed by atoms with van der Waals surface area (Å²) >= 11 is 1.86. The summed E-state index contributed by atoms with van der Waals surface area (Å²) < 4.78 is 0. The summed E-state index contributed by atoms with van der Waals surface area (Å²) in [4.78, 5) is 3.94. The van der Waals surface area contributed by atoms with Gasteiger partial charge in [0.2, 0.25) is 0 Å². The van der Waals surface area contributed by atoms with Gasteiger partial charge in [-0.25, -0.2) is 0 Å². The van der Waals surface area contributed by atoms with Crippen LogP contribution in [0.5, 0.6) is 0 Å². The van der Waals surface area contributed by atoms with Gasteiger partial charge < -0.3 is 10.6 Å². The summed E-state index contributed by atoms with van der Waals surface area (Å²) in [6, 6.07) is 4.92. The highest BCUT2D eigenvalue weighted by Gasteiger charge is 2.12. The van der Waals surface area contributed by atoms with E-state index in [0.717, 1.165) is 19.5 Å². The topological polar surface area (TPSA) is 29.3 Å². The van der Waals surface area contributed by atoms with E-state index < -0.39 is 0 Å². The van der Waals surface area contributed by atoms with Crippen LogP contribution >= 0.6 is 11.3 Å². The first-order valence-corrected chi connectivity index (χ1v) is 9.58. The molecule has 3 heteroatoms. The molecule has 0 saturated carbocycles. The maximum atomic E-state index is 5.96. The highest BCUT2D eigenvalue weighted by atomic mass is 32.1. The monoisotopic (exact) mass is 310 g/mol. The van der Waals surface area contributed by atoms with Crippen molar-refractivity contribution >= 4 is 11.3 Å². The molecule has 2 N–H and O–H groups in total. The number of unbranched alkanes of at least 4 members (excludes halogenated alkanes) is 6. The van der Waals surface area contributed by atoms with E-state index in [1.165, 1.54) is 56.2 Å². The highest BCUT2D eigenvalue weighted by molar-refractivity contribution is 7.09. The van der Waals surface area contributed by atoms with Crippen LogP contribution in [0.4, 0.5) is 0 Å². The third-order valence-electron chi connectivity index (χ3n) is 4.33. The molecule has 0 bridgehead atoms. The van der Waals surface area contributed by atoms with Crippen LogP contribution in [0.2, 0.25) is 0 Å². The lowest BCUT2D eigenvalue weighted by Gasteiger charge is -2.26.